The standard InChI is InChI=1S/C15H23N3OS/c1-18(2)14(16-11-13-7-5-4-6-8-13)17-12-15(9-10-15)20(3)19/h4-8H,9-12H2,1-3H3,(H,16,17). The summed E-state index contributed by atoms with van der Waals surface area (Å²) in [6.45, 7) is 1.39. The van der Waals surface area contributed by atoms with E-state index >= 15 is 0 Å². The van der Waals surface area contributed by atoms with Gasteiger partial charge >= 0.3 is 0 Å². The summed E-state index contributed by atoms with van der Waals surface area (Å²) in [5.74, 6) is 0.852. The first-order valence-corrected chi connectivity index (χ1v) is 8.42. The van der Waals surface area contributed by atoms with Gasteiger partial charge in [-0.2, -0.15) is 0 Å². The predicted octanol–water partition coefficient (Wildman–Crippen LogP) is 1.60. The minimum absolute atomic E-state index is 0.0243. The van der Waals surface area contributed by atoms with E-state index < -0.39 is 10.8 Å². The molecule has 2 rings (SSSR count). The molecule has 1 atom stereocenters. The zero-order valence-electron chi connectivity index (χ0n) is 12.4. The van der Waals surface area contributed by atoms with Crippen molar-refractivity contribution in [3.63, 3.8) is 0 Å². The van der Waals surface area contributed by atoms with Crippen molar-refractivity contribution in [1.82, 2.24) is 10.2 Å². The lowest BCUT2D eigenvalue weighted by Gasteiger charge is -2.20. The fourth-order valence-electron chi connectivity index (χ4n) is 2.05. The van der Waals surface area contributed by atoms with Gasteiger partial charge in [0.2, 0.25) is 0 Å². The van der Waals surface area contributed by atoms with Gasteiger partial charge in [-0.15, -0.1) is 0 Å². The van der Waals surface area contributed by atoms with Gasteiger partial charge < -0.3 is 10.2 Å². The van der Waals surface area contributed by atoms with Gasteiger partial charge in [0.1, 0.15) is 0 Å². The molecule has 1 fully saturated rings. The summed E-state index contributed by atoms with van der Waals surface area (Å²) in [6.07, 6.45) is 3.89. The summed E-state index contributed by atoms with van der Waals surface area (Å²) >= 11 is 0. The third kappa shape index (κ3) is 3.82. The van der Waals surface area contributed by atoms with Crippen LogP contribution in [0.1, 0.15) is 18.4 Å². The molecule has 1 unspecified atom stereocenters. The Hall–Kier alpha value is -1.36. The van der Waals surface area contributed by atoms with Crippen molar-refractivity contribution in [3.8, 4) is 0 Å². The molecular weight excluding hydrogens is 270 g/mol. The lowest BCUT2D eigenvalue weighted by Crippen LogP contribution is -2.42. The van der Waals surface area contributed by atoms with E-state index in [4.69, 9.17) is 0 Å². The summed E-state index contributed by atoms with van der Waals surface area (Å²) in [7, 11) is 3.17. The molecule has 4 nitrogen and oxygen atoms in total. The quantitative estimate of drug-likeness (QED) is 0.662. The molecule has 0 spiro atoms. The topological polar surface area (TPSA) is 44.7 Å². The van der Waals surface area contributed by atoms with E-state index in [1.807, 2.05) is 37.2 Å². The second-order valence-corrected chi connectivity index (χ2v) is 7.28. The van der Waals surface area contributed by atoms with E-state index in [1.54, 1.807) is 6.26 Å². The number of hydrogen-bond donors (Lipinski definition) is 1. The van der Waals surface area contributed by atoms with Crippen LogP contribution in [0.15, 0.2) is 35.3 Å². The highest BCUT2D eigenvalue weighted by molar-refractivity contribution is 7.86. The van der Waals surface area contributed by atoms with Crippen molar-refractivity contribution in [1.29, 1.82) is 0 Å². The molecule has 0 amide bonds. The molecule has 0 saturated heterocycles. The summed E-state index contributed by atoms with van der Waals surface area (Å²) in [5.41, 5.74) is 1.19. The molecule has 0 aromatic heterocycles. The van der Waals surface area contributed by atoms with E-state index in [9.17, 15) is 4.21 Å². The first-order valence-electron chi connectivity index (χ1n) is 6.87. The Bertz CT molecular complexity index is 495. The Morgan fingerprint density at radius 3 is 2.50 bits per heavy atom. The van der Waals surface area contributed by atoms with Gasteiger partial charge in [-0.25, -0.2) is 4.99 Å². The highest BCUT2D eigenvalue weighted by Crippen LogP contribution is 2.40. The van der Waals surface area contributed by atoms with E-state index in [1.165, 1.54) is 5.56 Å². The number of aliphatic imine (C=N–C) groups is 1. The Morgan fingerprint density at radius 2 is 2.00 bits per heavy atom. The van der Waals surface area contributed by atoms with Gasteiger partial charge in [0.15, 0.2) is 5.96 Å². The number of rotatable bonds is 5. The molecule has 1 aromatic carbocycles. The third-order valence-electron chi connectivity index (χ3n) is 3.66. The van der Waals surface area contributed by atoms with Gasteiger partial charge in [0, 0.05) is 37.7 Å². The molecule has 1 saturated carbocycles. The van der Waals surface area contributed by atoms with Crippen LogP contribution in [0.25, 0.3) is 0 Å². The van der Waals surface area contributed by atoms with E-state index in [0.29, 0.717) is 6.54 Å². The van der Waals surface area contributed by atoms with Gasteiger partial charge in [-0.1, -0.05) is 30.3 Å². The molecule has 0 aliphatic heterocycles. The summed E-state index contributed by atoms with van der Waals surface area (Å²) in [4.78, 5) is 6.59. The number of nitrogens with one attached hydrogen (secondary N) is 1. The molecule has 1 N–H and O–H groups in total. The van der Waals surface area contributed by atoms with Crippen LogP contribution in [0.4, 0.5) is 0 Å². The monoisotopic (exact) mass is 293 g/mol. The maximum absolute atomic E-state index is 11.7. The van der Waals surface area contributed by atoms with Crippen molar-refractivity contribution in [2.75, 3.05) is 26.9 Å². The molecule has 1 aliphatic rings. The Balaban J connectivity index is 1.95. The summed E-state index contributed by atoms with van der Waals surface area (Å²) in [6, 6.07) is 10.2. The predicted molar refractivity (Wildman–Crippen MR) is 85.3 cm³/mol. The number of hydrogen-bond acceptors (Lipinski definition) is 2. The second kappa shape index (κ2) is 6.39. The van der Waals surface area contributed by atoms with E-state index in [0.717, 1.165) is 25.3 Å². The van der Waals surface area contributed by atoms with E-state index in [-0.39, 0.29) is 4.75 Å². The van der Waals surface area contributed by atoms with Crippen LogP contribution in [0.5, 0.6) is 0 Å². The fraction of sp³-hybridized carbons (Fsp3) is 0.533. The van der Waals surface area contributed by atoms with Crippen molar-refractivity contribution in [2.45, 2.75) is 24.1 Å². The Morgan fingerprint density at radius 1 is 1.35 bits per heavy atom. The molecule has 0 heterocycles. The minimum atomic E-state index is -0.770. The minimum Gasteiger partial charge on any atom is -0.355 e. The molecule has 1 aliphatic carbocycles. The molecule has 20 heavy (non-hydrogen) atoms. The average molecular weight is 293 g/mol. The number of nitrogens with zero attached hydrogens (tertiary/aromatic N) is 2. The van der Waals surface area contributed by atoms with Crippen LogP contribution in [-0.4, -0.2) is 46.7 Å². The molecule has 5 heteroatoms. The third-order valence-corrected chi connectivity index (χ3v) is 5.44. The molecule has 110 valence electrons. The molecular formula is C15H23N3OS. The number of guanidine groups is 1. The largest absolute Gasteiger partial charge is 0.355 e. The normalized spacial score (nSPS) is 18.4. The lowest BCUT2D eigenvalue weighted by atomic mass is 10.2. The average Bonchev–Trinajstić information content (AvgIpc) is 3.20. The smallest absolute Gasteiger partial charge is 0.193 e. The van der Waals surface area contributed by atoms with Crippen molar-refractivity contribution in [2.24, 2.45) is 4.99 Å². The first-order chi connectivity index (χ1) is 9.53. The van der Waals surface area contributed by atoms with Crippen LogP contribution in [0, 0.1) is 0 Å². The maximum atomic E-state index is 11.7. The van der Waals surface area contributed by atoms with Crippen LogP contribution in [0.2, 0.25) is 0 Å². The van der Waals surface area contributed by atoms with Crippen molar-refractivity contribution >= 4 is 16.8 Å². The zero-order chi connectivity index (χ0) is 14.6. The second-order valence-electron chi connectivity index (χ2n) is 5.51. The van der Waals surface area contributed by atoms with Crippen molar-refractivity contribution in [3.05, 3.63) is 35.9 Å². The zero-order valence-corrected chi connectivity index (χ0v) is 13.2. The van der Waals surface area contributed by atoms with Crippen molar-refractivity contribution < 1.29 is 4.21 Å². The van der Waals surface area contributed by atoms with Crippen LogP contribution in [-0.2, 0) is 17.3 Å². The first kappa shape index (κ1) is 15.0. The summed E-state index contributed by atoms with van der Waals surface area (Å²) in [5, 5.41) is 3.36. The van der Waals surface area contributed by atoms with Crippen LogP contribution < -0.4 is 5.32 Å². The Kier molecular flexibility index (Phi) is 4.81. The molecule has 0 bridgehead atoms. The van der Waals surface area contributed by atoms with E-state index in [2.05, 4.69) is 22.4 Å². The van der Waals surface area contributed by atoms with Gasteiger partial charge in [0.25, 0.3) is 0 Å². The highest BCUT2D eigenvalue weighted by Gasteiger charge is 2.46. The van der Waals surface area contributed by atoms with Gasteiger partial charge in [-0.05, 0) is 18.4 Å². The van der Waals surface area contributed by atoms with Crippen LogP contribution in [0.3, 0.4) is 0 Å². The maximum Gasteiger partial charge on any atom is 0.193 e. The summed E-state index contributed by atoms with van der Waals surface area (Å²) < 4.78 is 11.7. The Labute approximate surface area is 123 Å². The molecule has 0 radical (unpaired) electrons. The van der Waals surface area contributed by atoms with Gasteiger partial charge in [0.05, 0.1) is 11.3 Å². The lowest BCUT2D eigenvalue weighted by molar-refractivity contribution is 0.573. The van der Waals surface area contributed by atoms with Gasteiger partial charge in [-0.3, -0.25) is 4.21 Å². The van der Waals surface area contributed by atoms with Crippen LogP contribution >= 0.6 is 0 Å². The molecule has 1 aromatic rings. The SMILES string of the molecule is CN(C)C(=NCc1ccccc1)NCC1(S(C)=O)CC1. The number of benzene rings is 1. The fourth-order valence-corrected chi connectivity index (χ4v) is 3.00. The highest BCUT2D eigenvalue weighted by atomic mass is 32.2.